The normalized spacial score (nSPS) is 45.3. The van der Waals surface area contributed by atoms with Crippen molar-refractivity contribution < 1.29 is 10.2 Å². The summed E-state index contributed by atoms with van der Waals surface area (Å²) in [7, 11) is 0. The maximum absolute atomic E-state index is 11.4. The highest BCUT2D eigenvalue weighted by Gasteiger charge is 2.59. The van der Waals surface area contributed by atoms with Gasteiger partial charge in [0.1, 0.15) is 0 Å². The van der Waals surface area contributed by atoms with Crippen LogP contribution in [0.5, 0.6) is 0 Å². The molecule has 0 radical (unpaired) electrons. The molecule has 4 aliphatic carbocycles. The van der Waals surface area contributed by atoms with Crippen molar-refractivity contribution in [3.8, 4) is 0 Å². The van der Waals surface area contributed by atoms with Crippen LogP contribution in [-0.4, -0.2) is 22.4 Å². The Kier molecular flexibility index (Phi) is 4.77. The summed E-state index contributed by atoms with van der Waals surface area (Å²) in [4.78, 5) is 0. The highest BCUT2D eigenvalue weighted by atomic mass is 35.5. The average Bonchev–Trinajstić information content (AvgIpc) is 2.95. The van der Waals surface area contributed by atoms with Crippen LogP contribution in [0.3, 0.4) is 0 Å². The number of allylic oxidation sites excluding steroid dienone is 1. The average molecular weight is 413 g/mol. The zero-order valence-electron chi connectivity index (χ0n) is 17.6. The zero-order chi connectivity index (χ0) is 20.4. The van der Waals surface area contributed by atoms with Crippen molar-refractivity contribution in [1.29, 1.82) is 0 Å². The number of aliphatic hydroxyl groups excluding tert-OH is 2. The Morgan fingerprint density at radius 1 is 1.03 bits per heavy atom. The number of rotatable bonds is 1. The molecule has 0 aromatic heterocycles. The van der Waals surface area contributed by atoms with E-state index in [4.69, 9.17) is 11.6 Å². The van der Waals surface area contributed by atoms with Crippen molar-refractivity contribution in [3.05, 3.63) is 52.1 Å². The molecule has 0 amide bonds. The van der Waals surface area contributed by atoms with E-state index in [0.717, 1.165) is 54.7 Å². The second-order valence-corrected chi connectivity index (χ2v) is 11.0. The van der Waals surface area contributed by atoms with Crippen molar-refractivity contribution in [2.45, 2.75) is 71.0 Å². The van der Waals surface area contributed by atoms with Gasteiger partial charge in [0.05, 0.1) is 12.2 Å². The second kappa shape index (κ2) is 6.97. The fourth-order valence-corrected chi connectivity index (χ4v) is 7.62. The third kappa shape index (κ3) is 2.98. The first-order valence-corrected chi connectivity index (χ1v) is 11.7. The molecule has 29 heavy (non-hydrogen) atoms. The van der Waals surface area contributed by atoms with Gasteiger partial charge in [0, 0.05) is 10.4 Å². The SMILES string of the molecule is C[C@@]12CC[C@@H]3[C@H](CC=C4C[C@@H](O)CC[C@@]43C)[C@H]1C/C(=C/c1ccccc1Cl)[C@H]2O. The Morgan fingerprint density at radius 2 is 1.83 bits per heavy atom. The van der Waals surface area contributed by atoms with E-state index >= 15 is 0 Å². The molecule has 0 bridgehead atoms. The lowest BCUT2D eigenvalue weighted by Crippen LogP contribution is -2.51. The fraction of sp³-hybridized carbons (Fsp3) is 0.615. The lowest BCUT2D eigenvalue weighted by atomic mass is 9.48. The molecule has 4 aliphatic rings. The number of fused-ring (bicyclic) bond motifs is 5. The van der Waals surface area contributed by atoms with Crippen LogP contribution in [0.1, 0.15) is 64.4 Å². The number of benzene rings is 1. The molecule has 0 spiro atoms. The predicted octanol–water partition coefficient (Wildman–Crippen LogP) is 6.02. The van der Waals surface area contributed by atoms with Gasteiger partial charge >= 0.3 is 0 Å². The van der Waals surface area contributed by atoms with Crippen molar-refractivity contribution in [2.75, 3.05) is 0 Å². The molecular formula is C26H33ClO2. The maximum Gasteiger partial charge on any atom is 0.0809 e. The Morgan fingerprint density at radius 3 is 2.62 bits per heavy atom. The first kappa shape index (κ1) is 19.8. The van der Waals surface area contributed by atoms with Crippen molar-refractivity contribution in [1.82, 2.24) is 0 Å². The summed E-state index contributed by atoms with van der Waals surface area (Å²) in [6.45, 7) is 4.77. The third-order valence-electron chi connectivity index (χ3n) is 9.19. The van der Waals surface area contributed by atoms with Crippen LogP contribution in [0.25, 0.3) is 6.08 Å². The Balaban J connectivity index is 1.48. The molecule has 2 nitrogen and oxygen atoms in total. The molecule has 3 saturated carbocycles. The lowest BCUT2D eigenvalue weighted by Gasteiger charge is -2.57. The molecule has 0 saturated heterocycles. The van der Waals surface area contributed by atoms with Gasteiger partial charge in [-0.1, -0.05) is 61.4 Å². The van der Waals surface area contributed by atoms with E-state index in [1.807, 2.05) is 24.3 Å². The van der Waals surface area contributed by atoms with Crippen molar-refractivity contribution >= 4 is 17.7 Å². The van der Waals surface area contributed by atoms with Gasteiger partial charge in [0.2, 0.25) is 0 Å². The quantitative estimate of drug-likeness (QED) is 0.554. The van der Waals surface area contributed by atoms with Crippen LogP contribution in [0.4, 0.5) is 0 Å². The maximum atomic E-state index is 11.4. The largest absolute Gasteiger partial charge is 0.393 e. The minimum Gasteiger partial charge on any atom is -0.393 e. The summed E-state index contributed by atoms with van der Waals surface area (Å²) in [5.41, 5.74) is 3.88. The third-order valence-corrected chi connectivity index (χ3v) is 9.54. The Hall–Kier alpha value is -1.09. The lowest BCUT2D eigenvalue weighted by molar-refractivity contribution is -0.0685. The van der Waals surface area contributed by atoms with Crippen LogP contribution < -0.4 is 0 Å². The predicted molar refractivity (Wildman–Crippen MR) is 119 cm³/mol. The number of hydrogen-bond acceptors (Lipinski definition) is 2. The Labute approximate surface area is 179 Å². The molecule has 3 heteroatoms. The zero-order valence-corrected chi connectivity index (χ0v) is 18.3. The standard InChI is InChI=1S/C26H33ClO2/c1-25-11-9-19(28)15-18(25)7-8-20-21(25)10-12-26(2)22(20)14-17(24(26)29)13-16-5-3-4-6-23(16)27/h3-7,13,19-22,24,28-29H,8-12,14-15H2,1-2H3/b17-13-/t19-,20-,21+,22+,24+,25-,26+/m0/s1. The van der Waals surface area contributed by atoms with Gasteiger partial charge in [0.15, 0.2) is 0 Å². The van der Waals surface area contributed by atoms with Gasteiger partial charge in [-0.3, -0.25) is 0 Å². The van der Waals surface area contributed by atoms with Gasteiger partial charge in [-0.15, -0.1) is 0 Å². The van der Waals surface area contributed by atoms with E-state index < -0.39 is 0 Å². The molecule has 3 fully saturated rings. The minimum atomic E-state index is -0.379. The number of aliphatic hydroxyl groups is 2. The first-order chi connectivity index (χ1) is 13.8. The molecule has 0 heterocycles. The summed E-state index contributed by atoms with van der Waals surface area (Å²) < 4.78 is 0. The smallest absolute Gasteiger partial charge is 0.0809 e. The Bertz CT molecular complexity index is 873. The molecule has 1 aromatic carbocycles. The van der Waals surface area contributed by atoms with Gasteiger partial charge in [-0.05, 0) is 85.3 Å². The van der Waals surface area contributed by atoms with E-state index in [1.54, 1.807) is 0 Å². The van der Waals surface area contributed by atoms with Crippen LogP contribution in [0, 0.1) is 28.6 Å². The van der Waals surface area contributed by atoms with Crippen LogP contribution in [-0.2, 0) is 0 Å². The molecule has 1 aromatic rings. The van der Waals surface area contributed by atoms with E-state index in [0.29, 0.717) is 17.8 Å². The summed E-state index contributed by atoms with van der Waals surface area (Å²) in [6.07, 6.45) is 11.3. The first-order valence-electron chi connectivity index (χ1n) is 11.3. The van der Waals surface area contributed by atoms with Crippen LogP contribution in [0.2, 0.25) is 5.02 Å². The van der Waals surface area contributed by atoms with Gasteiger partial charge in [-0.25, -0.2) is 0 Å². The van der Waals surface area contributed by atoms with Gasteiger partial charge < -0.3 is 10.2 Å². The van der Waals surface area contributed by atoms with Gasteiger partial charge in [-0.2, -0.15) is 0 Å². The molecular weight excluding hydrogens is 380 g/mol. The topological polar surface area (TPSA) is 40.5 Å². The summed E-state index contributed by atoms with van der Waals surface area (Å²) in [5, 5.41) is 22.3. The summed E-state index contributed by atoms with van der Waals surface area (Å²) >= 11 is 6.40. The van der Waals surface area contributed by atoms with Crippen molar-refractivity contribution in [2.24, 2.45) is 28.6 Å². The van der Waals surface area contributed by atoms with Gasteiger partial charge in [0.25, 0.3) is 0 Å². The second-order valence-electron chi connectivity index (χ2n) is 10.5. The highest BCUT2D eigenvalue weighted by molar-refractivity contribution is 6.32. The molecule has 5 rings (SSSR count). The summed E-state index contributed by atoms with van der Waals surface area (Å²) in [5.74, 6) is 1.83. The highest BCUT2D eigenvalue weighted by Crippen LogP contribution is 2.65. The molecule has 2 N–H and O–H groups in total. The van der Waals surface area contributed by atoms with Crippen LogP contribution in [0.15, 0.2) is 41.5 Å². The van der Waals surface area contributed by atoms with E-state index in [9.17, 15) is 10.2 Å². The van der Waals surface area contributed by atoms with Crippen molar-refractivity contribution in [3.63, 3.8) is 0 Å². The molecule has 0 aliphatic heterocycles. The van der Waals surface area contributed by atoms with Crippen LogP contribution >= 0.6 is 11.6 Å². The summed E-state index contributed by atoms with van der Waals surface area (Å²) in [6, 6.07) is 7.93. The number of hydrogen-bond donors (Lipinski definition) is 2. The van der Waals surface area contributed by atoms with E-state index in [1.165, 1.54) is 12.0 Å². The molecule has 0 unspecified atom stereocenters. The van der Waals surface area contributed by atoms with E-state index in [-0.39, 0.29) is 23.0 Å². The fourth-order valence-electron chi connectivity index (χ4n) is 7.43. The number of halogens is 1. The van der Waals surface area contributed by atoms with E-state index in [2.05, 4.69) is 26.0 Å². The minimum absolute atomic E-state index is 0.0376. The molecule has 7 atom stereocenters. The monoisotopic (exact) mass is 412 g/mol. The molecule has 156 valence electrons.